The largest absolute Gasteiger partial charge is 0.507 e. The Hall–Kier alpha value is 0.124. The van der Waals surface area contributed by atoms with E-state index >= 15 is 0 Å². The van der Waals surface area contributed by atoms with Crippen molar-refractivity contribution in [3.8, 4) is 0 Å². The molecule has 0 N–H and O–H groups in total. The highest BCUT2D eigenvalue weighted by Crippen LogP contribution is 2.58. The van der Waals surface area contributed by atoms with E-state index in [-0.39, 0.29) is 41.4 Å². The van der Waals surface area contributed by atoms with Gasteiger partial charge in [0.05, 0.1) is 0 Å². The van der Waals surface area contributed by atoms with Crippen molar-refractivity contribution in [1.29, 1.82) is 0 Å². The van der Waals surface area contributed by atoms with E-state index in [0.29, 0.717) is 59.9 Å². The Bertz CT molecular complexity index is 3250. The van der Waals surface area contributed by atoms with Gasteiger partial charge in [-0.25, -0.2) is 0 Å². The molecule has 0 radical (unpaired) electrons. The minimum absolute atomic E-state index is 0.124. The molecule has 6 aliphatic carbocycles. The standard InChI is InChI=1S/C62H122O11Si10.C16H24O12Si8/c1-47(2)39-77(46-74(15,16)30-27-60-36-54-21-24-57(60)33-54)65-80(42-50(7)8)67-78(40-48(3)4,63-75(17,18)31-28-61-37-55-22-25-58(61)34-55)69-82(44-52(11)12)70-79(41-49(5)6,64-76(19,20)32-29-62-38-56-23-26-59(62)35-56)68-81(66-77,43-51(9)10)72-83(71-80,73-82)45-53(13)14;1-9-29-17-30(10-2)20-33(13-5)22-31(11-3,18-29)24-35(15-7)25-32(12-4,19-29)23-34(14-6,21-30)27-36(16-8,26-33)28-35/h21-26,47-62H,27-46H2,1-20H3;9-16H,1-8H2. The van der Waals surface area contributed by atoms with Crippen molar-refractivity contribution in [1.82, 2.24) is 0 Å². The Morgan fingerprint density at radius 1 is 0.286 bits per heavy atom. The predicted molar refractivity (Wildman–Crippen MR) is 502 cm³/mol. The van der Waals surface area contributed by atoms with Gasteiger partial charge >= 0.3 is 132 Å². The molecule has 0 aromatic rings. The second-order valence-electron chi connectivity index (χ2n) is 41.6. The van der Waals surface area contributed by atoms with Crippen molar-refractivity contribution in [3.05, 3.63) is 135 Å². The van der Waals surface area contributed by atoms with E-state index in [0.717, 1.165) is 66.2 Å². The van der Waals surface area contributed by atoms with Crippen LogP contribution in [0.4, 0.5) is 0 Å². The number of hydrogen-bond acceptors (Lipinski definition) is 23. The minimum atomic E-state index is -4.14. The van der Waals surface area contributed by atoms with Crippen LogP contribution in [0.15, 0.2) is 135 Å². The average molecular weight is 1960 g/mol. The number of rotatable bonds is 37. The lowest BCUT2D eigenvalue weighted by Crippen LogP contribution is -2.87. The summed E-state index contributed by atoms with van der Waals surface area (Å²) in [5.74, 6) is 7.57. The average Bonchev–Trinajstić information content (AvgIpc) is 1.42. The third-order valence-electron chi connectivity index (χ3n) is 25.2. The normalized spacial score (nSPS) is 44.2. The molecule has 15 aliphatic rings. The Labute approximate surface area is 734 Å². The molecule has 3 saturated carbocycles. The molecular formula is C78H146O23Si18. The highest BCUT2D eigenvalue weighted by Gasteiger charge is 2.83. The Morgan fingerprint density at radius 3 is 0.723 bits per heavy atom. The maximum atomic E-state index is 8.77. The summed E-state index contributed by atoms with van der Waals surface area (Å²) < 4.78 is 172. The second kappa shape index (κ2) is 35.7. The summed E-state index contributed by atoms with van der Waals surface area (Å²) in [5, 5.41) is 0. The first-order valence-electron chi connectivity index (χ1n) is 44.8. The molecular weight excluding hydrogens is 1810 g/mol. The lowest BCUT2D eigenvalue weighted by molar-refractivity contribution is -0.00709. The maximum Gasteiger partial charge on any atom is 0.507 e. The van der Waals surface area contributed by atoms with E-state index in [1.807, 2.05) is 0 Å². The van der Waals surface area contributed by atoms with Crippen molar-refractivity contribution in [2.45, 2.75) is 260 Å². The summed E-state index contributed by atoms with van der Waals surface area (Å²) in [4.78, 5) is 0. The van der Waals surface area contributed by atoms with Gasteiger partial charge in [-0.15, -0.1) is 52.6 Å². The van der Waals surface area contributed by atoms with Gasteiger partial charge in [-0.1, -0.05) is 172 Å². The van der Waals surface area contributed by atoms with Crippen molar-refractivity contribution in [2.24, 2.45) is 94.7 Å². The lowest BCUT2D eigenvalue weighted by Gasteiger charge is -2.61. The molecule has 9 saturated heterocycles. The Balaban J connectivity index is 0.000000282. The van der Waals surface area contributed by atoms with Gasteiger partial charge in [-0.05, 0) is 229 Å². The summed E-state index contributed by atoms with van der Waals surface area (Å²) in [6.07, 6.45) is 26.5. The van der Waals surface area contributed by atoms with E-state index in [1.165, 1.54) is 96.6 Å². The van der Waals surface area contributed by atoms with Crippen molar-refractivity contribution in [3.63, 3.8) is 0 Å². The summed E-state index contributed by atoms with van der Waals surface area (Å²) in [5.41, 5.74) is 11.8. The molecule has 0 amide bonds. The molecule has 15 rings (SSSR count). The second-order valence-corrected chi connectivity index (χ2v) is 100. The van der Waals surface area contributed by atoms with E-state index in [1.54, 1.807) is 0 Å². The zero-order valence-electron chi connectivity index (χ0n) is 75.5. The van der Waals surface area contributed by atoms with E-state index in [4.69, 9.17) is 94.6 Å². The van der Waals surface area contributed by atoms with Crippen LogP contribution in [-0.2, 0) is 94.6 Å². The fourth-order valence-electron chi connectivity index (χ4n) is 21.2. The van der Waals surface area contributed by atoms with E-state index < -0.39 is 157 Å². The topological polar surface area (TPSA) is 212 Å². The van der Waals surface area contributed by atoms with Crippen LogP contribution in [0.25, 0.3) is 0 Å². The molecule has 0 aromatic carbocycles. The highest BCUT2D eigenvalue weighted by atomic mass is 28.6. The molecule has 668 valence electrons. The van der Waals surface area contributed by atoms with Gasteiger partial charge in [0.2, 0.25) is 0 Å². The van der Waals surface area contributed by atoms with Gasteiger partial charge in [0, 0.05) is 44.3 Å². The Morgan fingerprint density at radius 2 is 0.513 bits per heavy atom. The summed E-state index contributed by atoms with van der Waals surface area (Å²) >= 11 is 0. The monoisotopic (exact) mass is 1950 g/mol. The molecule has 18 bridgehead atoms. The van der Waals surface area contributed by atoms with Crippen molar-refractivity contribution < 1.29 is 94.6 Å². The summed E-state index contributed by atoms with van der Waals surface area (Å²) in [7, 11) is -68.1. The third kappa shape index (κ3) is 21.5. The fraction of sp³-hybridized carbons (Fsp3) is 0.718. The molecule has 119 heavy (non-hydrogen) atoms. The smallest absolute Gasteiger partial charge is 0.416 e. The first-order valence-corrected chi connectivity index (χ1v) is 82.7. The maximum absolute atomic E-state index is 8.77. The first-order chi connectivity index (χ1) is 55.5. The molecule has 0 aromatic heterocycles. The fourth-order valence-corrected chi connectivity index (χ4v) is 123. The quantitative estimate of drug-likeness (QED) is 0.0418. The zero-order valence-corrected chi connectivity index (χ0v) is 93.5. The first kappa shape index (κ1) is 96.7. The number of fused-ring (bicyclic) bond motifs is 9. The molecule has 0 spiro atoms. The van der Waals surface area contributed by atoms with Crippen LogP contribution in [0.2, 0.25) is 105 Å². The van der Waals surface area contributed by atoms with Gasteiger partial charge in [-0.2, -0.15) is 0 Å². The van der Waals surface area contributed by atoms with Gasteiger partial charge in [-0.3, -0.25) is 0 Å². The van der Waals surface area contributed by atoms with E-state index in [9.17, 15) is 0 Å². The van der Waals surface area contributed by atoms with Gasteiger partial charge in [0.25, 0.3) is 0 Å². The summed E-state index contributed by atoms with van der Waals surface area (Å²) in [6.45, 7) is 78.7. The van der Waals surface area contributed by atoms with Crippen LogP contribution in [-0.4, -0.2) is 157 Å². The van der Waals surface area contributed by atoms with Crippen LogP contribution in [0, 0.1) is 94.7 Å². The molecule has 9 heterocycles. The highest BCUT2D eigenvalue weighted by molar-refractivity contribution is 7.08. The number of hydrogen-bond donors (Lipinski definition) is 0. The van der Waals surface area contributed by atoms with Gasteiger partial charge in [0.15, 0.2) is 16.6 Å². The molecule has 12 fully saturated rings. The van der Waals surface area contributed by atoms with Crippen LogP contribution in [0.1, 0.15) is 155 Å². The Kier molecular flexibility index (Phi) is 29.0. The van der Waals surface area contributed by atoms with E-state index in [2.05, 4.69) is 225 Å². The third-order valence-corrected chi connectivity index (χ3v) is 106. The molecule has 23 nitrogen and oxygen atoms in total. The lowest BCUT2D eigenvalue weighted by atomic mass is 9.91. The van der Waals surface area contributed by atoms with Crippen LogP contribution in [0.5, 0.6) is 0 Å². The van der Waals surface area contributed by atoms with Crippen molar-refractivity contribution in [2.75, 3.05) is 0 Å². The zero-order chi connectivity index (χ0) is 86.5. The van der Waals surface area contributed by atoms with Gasteiger partial charge in [0.1, 0.15) is 0 Å². The SMILES string of the molecule is C=C[Si]12O[Si]3(C=C)O[Si]4(C=C)O[Si](C=C)(O1)O[Si]1(C=C)O[Si](C=C)(O2)O[Si](C=C)(O3)O[Si](C=C)(O4)O1.CC(C)C[Si]1(C[Si](C)(C)CCC2CC3C=CC2C3)O[Si]2(CC(C)C)O[Si](CC(C)C)(O[Si](C)(C)CCC3CC4C=CC3C4)O[Si]3(CC(C)C)O[Si](CC(C)C)(O[Si](C)(C)CCC4CC5C=CC4C5)O[Si](CC(C)C)(O1)O[Si](CC(C)C)(O2)O3. The van der Waals surface area contributed by atoms with Crippen molar-refractivity contribution >= 4 is 157 Å². The van der Waals surface area contributed by atoms with Crippen LogP contribution in [0.3, 0.4) is 0 Å². The molecule has 13 unspecified atom stereocenters. The summed E-state index contributed by atoms with van der Waals surface area (Å²) in [6, 6.07) is 7.51. The minimum Gasteiger partial charge on any atom is -0.416 e. The van der Waals surface area contributed by atoms with Crippen LogP contribution >= 0.6 is 0 Å². The van der Waals surface area contributed by atoms with Gasteiger partial charge < -0.3 is 94.6 Å². The number of allylic oxidation sites excluding steroid dienone is 6. The molecule has 9 aliphatic heterocycles. The predicted octanol–water partition coefficient (Wildman–Crippen LogP) is 19.9. The molecule has 41 heteroatoms. The van der Waals surface area contributed by atoms with Crippen LogP contribution < -0.4 is 0 Å². The molecule has 13 atom stereocenters.